The lowest BCUT2D eigenvalue weighted by atomic mass is 9.96. The zero-order valence-electron chi connectivity index (χ0n) is 17.2. The van der Waals surface area contributed by atoms with Gasteiger partial charge in [0.1, 0.15) is 5.82 Å². The summed E-state index contributed by atoms with van der Waals surface area (Å²) in [4.78, 5) is 27.6. The predicted octanol–water partition coefficient (Wildman–Crippen LogP) is 3.34. The fraction of sp³-hybridized carbons (Fsp3) is 0.591. The normalized spacial score (nSPS) is 22.4. The van der Waals surface area contributed by atoms with Crippen LogP contribution in [-0.4, -0.2) is 53.5 Å². The van der Waals surface area contributed by atoms with Gasteiger partial charge in [0.25, 0.3) is 0 Å². The van der Waals surface area contributed by atoms with Crippen LogP contribution >= 0.6 is 11.3 Å². The van der Waals surface area contributed by atoms with Crippen LogP contribution in [0.3, 0.4) is 0 Å². The summed E-state index contributed by atoms with van der Waals surface area (Å²) in [7, 11) is 0. The van der Waals surface area contributed by atoms with E-state index >= 15 is 0 Å². The number of aromatic nitrogens is 2. The van der Waals surface area contributed by atoms with E-state index in [0.717, 1.165) is 50.8 Å². The summed E-state index contributed by atoms with van der Waals surface area (Å²) < 4.78 is 0. The molecule has 0 radical (unpaired) electrons. The van der Waals surface area contributed by atoms with Gasteiger partial charge in [-0.15, -0.1) is 11.3 Å². The Morgan fingerprint density at radius 1 is 1.28 bits per heavy atom. The first-order valence-electron chi connectivity index (χ1n) is 10.8. The van der Waals surface area contributed by atoms with E-state index in [9.17, 15) is 4.79 Å². The number of piperidine rings is 2. The molecule has 4 heterocycles. The third-order valence-electron chi connectivity index (χ3n) is 6.27. The van der Waals surface area contributed by atoms with Crippen molar-refractivity contribution in [1.29, 1.82) is 0 Å². The smallest absolute Gasteiger partial charge is 0.224 e. The Balaban J connectivity index is 1.36. The number of hydrogen-bond donors (Lipinski definition) is 1. The van der Waals surface area contributed by atoms with Gasteiger partial charge in [-0.3, -0.25) is 14.7 Å². The van der Waals surface area contributed by atoms with Crippen LogP contribution < -0.4 is 10.2 Å². The van der Waals surface area contributed by atoms with E-state index in [-0.39, 0.29) is 17.9 Å². The Labute approximate surface area is 177 Å². The minimum Gasteiger partial charge on any atom is -0.355 e. The van der Waals surface area contributed by atoms with E-state index in [2.05, 4.69) is 49.5 Å². The molecule has 0 spiro atoms. The van der Waals surface area contributed by atoms with Crippen molar-refractivity contribution in [3.8, 4) is 0 Å². The molecule has 4 rings (SSSR count). The van der Waals surface area contributed by atoms with Crippen molar-refractivity contribution in [2.75, 3.05) is 37.6 Å². The van der Waals surface area contributed by atoms with Crippen LogP contribution in [0.25, 0.3) is 0 Å². The number of likely N-dealkylation sites (tertiary alicyclic amines) is 1. The minimum absolute atomic E-state index is 0.0103. The second kappa shape index (κ2) is 9.67. The average molecular weight is 414 g/mol. The molecule has 2 aliphatic heterocycles. The van der Waals surface area contributed by atoms with Crippen molar-refractivity contribution in [2.45, 2.75) is 38.6 Å². The fourth-order valence-corrected chi connectivity index (χ4v) is 5.29. The summed E-state index contributed by atoms with van der Waals surface area (Å²) in [6.45, 7) is 6.91. The maximum atomic E-state index is 13.0. The van der Waals surface area contributed by atoms with Gasteiger partial charge >= 0.3 is 0 Å². The molecule has 1 amide bonds. The number of carbonyl (C=O) groups excluding carboxylic acids is 1. The largest absolute Gasteiger partial charge is 0.355 e. The molecule has 156 valence electrons. The quantitative estimate of drug-likeness (QED) is 0.787. The summed E-state index contributed by atoms with van der Waals surface area (Å²) in [6, 6.07) is 4.60. The van der Waals surface area contributed by atoms with Gasteiger partial charge in [0.2, 0.25) is 5.91 Å². The van der Waals surface area contributed by atoms with Crippen LogP contribution in [0.2, 0.25) is 0 Å². The molecule has 2 fully saturated rings. The molecule has 1 N–H and O–H groups in total. The highest BCUT2D eigenvalue weighted by Crippen LogP contribution is 2.29. The third-order valence-corrected chi connectivity index (χ3v) is 7.24. The highest BCUT2D eigenvalue weighted by molar-refractivity contribution is 7.10. The van der Waals surface area contributed by atoms with Gasteiger partial charge in [0.15, 0.2) is 0 Å². The maximum absolute atomic E-state index is 13.0. The van der Waals surface area contributed by atoms with Gasteiger partial charge in [-0.1, -0.05) is 13.0 Å². The molecule has 2 aliphatic rings. The summed E-state index contributed by atoms with van der Waals surface area (Å²) in [6.07, 6.45) is 9.61. The lowest BCUT2D eigenvalue weighted by molar-refractivity contribution is -0.125. The number of carbonyl (C=O) groups is 1. The molecule has 2 aromatic rings. The maximum Gasteiger partial charge on any atom is 0.224 e. The molecular weight excluding hydrogens is 382 g/mol. The Morgan fingerprint density at radius 2 is 2.14 bits per heavy atom. The molecule has 0 bridgehead atoms. The average Bonchev–Trinajstić information content (AvgIpc) is 3.30. The molecule has 0 saturated carbocycles. The van der Waals surface area contributed by atoms with E-state index in [1.165, 1.54) is 17.7 Å². The van der Waals surface area contributed by atoms with Crippen LogP contribution in [0.15, 0.2) is 36.1 Å². The Bertz CT molecular complexity index is 761. The van der Waals surface area contributed by atoms with Crippen molar-refractivity contribution in [2.24, 2.45) is 11.8 Å². The number of thiophene rings is 1. The third kappa shape index (κ3) is 5.14. The van der Waals surface area contributed by atoms with Crippen LogP contribution in [0.4, 0.5) is 5.82 Å². The van der Waals surface area contributed by atoms with Gasteiger partial charge in [0, 0.05) is 36.9 Å². The lowest BCUT2D eigenvalue weighted by Crippen LogP contribution is -2.46. The van der Waals surface area contributed by atoms with Gasteiger partial charge in [0.05, 0.1) is 18.2 Å². The SMILES string of the molecule is CC1CCN([C@@H](CNC(=O)[C@@H]2CCCN(c3cnccn3)C2)c2cccs2)CC1. The first-order valence-corrected chi connectivity index (χ1v) is 11.6. The molecule has 2 aromatic heterocycles. The molecule has 0 aliphatic carbocycles. The Hall–Kier alpha value is -1.99. The first-order chi connectivity index (χ1) is 14.2. The molecule has 7 heteroatoms. The van der Waals surface area contributed by atoms with E-state index in [1.807, 2.05) is 0 Å². The summed E-state index contributed by atoms with van der Waals surface area (Å²) in [5.74, 6) is 1.85. The fourth-order valence-electron chi connectivity index (χ4n) is 4.43. The Morgan fingerprint density at radius 3 is 2.86 bits per heavy atom. The number of anilines is 1. The molecule has 2 saturated heterocycles. The van der Waals surface area contributed by atoms with E-state index < -0.39 is 0 Å². The van der Waals surface area contributed by atoms with Crippen LogP contribution in [-0.2, 0) is 4.79 Å². The monoisotopic (exact) mass is 413 g/mol. The number of hydrogen-bond acceptors (Lipinski definition) is 6. The number of amides is 1. The van der Waals surface area contributed by atoms with E-state index in [1.54, 1.807) is 29.9 Å². The number of rotatable bonds is 6. The molecular formula is C22H31N5OS. The topological polar surface area (TPSA) is 61.4 Å². The van der Waals surface area contributed by atoms with Crippen molar-refractivity contribution < 1.29 is 4.79 Å². The van der Waals surface area contributed by atoms with Crippen molar-refractivity contribution in [1.82, 2.24) is 20.2 Å². The second-order valence-electron chi connectivity index (χ2n) is 8.34. The summed E-state index contributed by atoms with van der Waals surface area (Å²) in [5.41, 5.74) is 0. The first kappa shape index (κ1) is 20.3. The molecule has 6 nitrogen and oxygen atoms in total. The highest BCUT2D eigenvalue weighted by Gasteiger charge is 2.29. The van der Waals surface area contributed by atoms with Crippen molar-refractivity contribution in [3.05, 3.63) is 41.0 Å². The van der Waals surface area contributed by atoms with Crippen molar-refractivity contribution >= 4 is 23.1 Å². The molecule has 0 unspecified atom stereocenters. The van der Waals surface area contributed by atoms with Gasteiger partial charge in [-0.05, 0) is 56.1 Å². The van der Waals surface area contributed by atoms with E-state index in [4.69, 9.17) is 0 Å². The van der Waals surface area contributed by atoms with Crippen LogP contribution in [0.5, 0.6) is 0 Å². The van der Waals surface area contributed by atoms with E-state index in [0.29, 0.717) is 6.54 Å². The van der Waals surface area contributed by atoms with Crippen molar-refractivity contribution in [3.63, 3.8) is 0 Å². The zero-order valence-corrected chi connectivity index (χ0v) is 18.0. The van der Waals surface area contributed by atoms with Crippen LogP contribution in [0.1, 0.15) is 43.5 Å². The van der Waals surface area contributed by atoms with Crippen LogP contribution in [0, 0.1) is 11.8 Å². The summed E-state index contributed by atoms with van der Waals surface area (Å²) >= 11 is 1.79. The predicted molar refractivity (Wildman–Crippen MR) is 117 cm³/mol. The number of nitrogens with zero attached hydrogens (tertiary/aromatic N) is 4. The summed E-state index contributed by atoms with van der Waals surface area (Å²) in [5, 5.41) is 5.42. The molecule has 29 heavy (non-hydrogen) atoms. The standard InChI is InChI=1S/C22H31N5OS/c1-17-6-11-26(12-7-17)19(20-5-3-13-29-20)14-25-22(28)18-4-2-10-27(16-18)21-15-23-8-9-24-21/h3,5,8-9,13,15,17-19H,2,4,6-7,10-12,14,16H2,1H3,(H,25,28)/t18-,19+/m1/s1. The molecule has 0 aromatic carbocycles. The Kier molecular flexibility index (Phi) is 6.77. The number of nitrogens with one attached hydrogen (secondary N) is 1. The van der Waals surface area contributed by atoms with Gasteiger partial charge < -0.3 is 10.2 Å². The van der Waals surface area contributed by atoms with Gasteiger partial charge in [-0.2, -0.15) is 0 Å². The minimum atomic E-state index is 0.0103. The zero-order chi connectivity index (χ0) is 20.1. The lowest BCUT2D eigenvalue weighted by Gasteiger charge is -2.37. The highest BCUT2D eigenvalue weighted by atomic mass is 32.1. The second-order valence-corrected chi connectivity index (χ2v) is 9.32. The molecule has 2 atom stereocenters. The van der Waals surface area contributed by atoms with Gasteiger partial charge in [-0.25, -0.2) is 4.98 Å².